The molecule has 2 amide bonds. The van der Waals surface area contributed by atoms with E-state index in [1.54, 1.807) is 6.92 Å². The van der Waals surface area contributed by atoms with E-state index in [0.29, 0.717) is 5.75 Å². The van der Waals surface area contributed by atoms with Crippen molar-refractivity contribution in [2.24, 2.45) is 0 Å². The van der Waals surface area contributed by atoms with Crippen LogP contribution in [-0.4, -0.2) is 35.3 Å². The largest absolute Gasteiger partial charge is 0.464 e. The lowest BCUT2D eigenvalue weighted by molar-refractivity contribution is -0.147. The van der Waals surface area contributed by atoms with Crippen LogP contribution in [0.2, 0.25) is 0 Å². The van der Waals surface area contributed by atoms with E-state index in [2.05, 4.69) is 5.32 Å². The van der Waals surface area contributed by atoms with Gasteiger partial charge in [0.2, 0.25) is 0 Å². The highest BCUT2D eigenvalue weighted by Gasteiger charge is 2.43. The van der Waals surface area contributed by atoms with Gasteiger partial charge >= 0.3 is 18.2 Å². The van der Waals surface area contributed by atoms with Gasteiger partial charge < -0.3 is 10.1 Å². The molecule has 1 aliphatic rings. The molecule has 2 aromatic carbocycles. The lowest BCUT2D eigenvalue weighted by Gasteiger charge is -2.28. The van der Waals surface area contributed by atoms with Crippen molar-refractivity contribution in [3.8, 4) is 0 Å². The summed E-state index contributed by atoms with van der Waals surface area (Å²) in [5, 5.41) is 2.03. The van der Waals surface area contributed by atoms with Crippen LogP contribution in [0, 0.1) is 0 Å². The monoisotopic (exact) mass is 424 g/mol. The number of urea groups is 1. The van der Waals surface area contributed by atoms with Gasteiger partial charge in [0.05, 0.1) is 12.2 Å². The zero-order chi connectivity index (χ0) is 21.0. The Labute approximate surface area is 170 Å². The van der Waals surface area contributed by atoms with Gasteiger partial charge in [-0.25, -0.2) is 9.59 Å². The highest BCUT2D eigenvalue weighted by atomic mass is 32.2. The molecular formula is C20H19F3N2O3S. The SMILES string of the molecule is CCOC(=O)C1CSC(c2ccccc2)N1C(=O)Nc1cccc(C(F)(F)F)c1. The molecule has 2 unspecified atom stereocenters. The minimum absolute atomic E-state index is 0.00357. The molecule has 0 radical (unpaired) electrons. The molecule has 1 N–H and O–H groups in total. The molecular weight excluding hydrogens is 405 g/mol. The number of amides is 2. The Morgan fingerprint density at radius 1 is 1.17 bits per heavy atom. The third kappa shape index (κ3) is 4.84. The second kappa shape index (κ2) is 8.77. The number of anilines is 1. The zero-order valence-electron chi connectivity index (χ0n) is 15.5. The Kier molecular flexibility index (Phi) is 6.36. The highest BCUT2D eigenvalue weighted by molar-refractivity contribution is 7.99. The number of benzene rings is 2. The van der Waals surface area contributed by atoms with Crippen LogP contribution in [0.4, 0.5) is 23.7 Å². The standard InChI is InChI=1S/C20H19F3N2O3S/c1-2-28-18(26)16-12-29-17(13-7-4-3-5-8-13)25(16)19(27)24-15-10-6-9-14(11-15)20(21,22)23/h3-11,16-17H,2,12H2,1H3,(H,24,27). The fraction of sp³-hybridized carbons (Fsp3) is 0.300. The molecule has 5 nitrogen and oxygen atoms in total. The number of nitrogens with one attached hydrogen (secondary N) is 1. The van der Waals surface area contributed by atoms with Crippen LogP contribution in [-0.2, 0) is 15.7 Å². The fourth-order valence-corrected chi connectivity index (χ4v) is 4.42. The van der Waals surface area contributed by atoms with Crippen LogP contribution in [0.15, 0.2) is 54.6 Å². The van der Waals surface area contributed by atoms with Crippen molar-refractivity contribution in [2.45, 2.75) is 24.5 Å². The van der Waals surface area contributed by atoms with E-state index in [4.69, 9.17) is 4.74 Å². The van der Waals surface area contributed by atoms with Crippen molar-refractivity contribution < 1.29 is 27.5 Å². The first-order chi connectivity index (χ1) is 13.8. The molecule has 1 fully saturated rings. The van der Waals surface area contributed by atoms with Crippen molar-refractivity contribution in [3.63, 3.8) is 0 Å². The van der Waals surface area contributed by atoms with E-state index in [1.165, 1.54) is 28.8 Å². The number of alkyl halides is 3. The first kappa shape index (κ1) is 21.0. The average Bonchev–Trinajstić information content (AvgIpc) is 3.14. The molecule has 3 rings (SSSR count). The molecule has 0 saturated carbocycles. The zero-order valence-corrected chi connectivity index (χ0v) is 16.3. The van der Waals surface area contributed by atoms with Crippen LogP contribution in [0.25, 0.3) is 0 Å². The third-order valence-corrected chi connectivity index (χ3v) is 5.64. The summed E-state index contributed by atoms with van der Waals surface area (Å²) in [7, 11) is 0. The summed E-state index contributed by atoms with van der Waals surface area (Å²) in [5.41, 5.74) is -0.0627. The molecule has 1 aliphatic heterocycles. The molecule has 9 heteroatoms. The Hall–Kier alpha value is -2.68. The molecule has 2 aromatic rings. The lowest BCUT2D eigenvalue weighted by Crippen LogP contribution is -2.45. The minimum atomic E-state index is -4.52. The van der Waals surface area contributed by atoms with Crippen LogP contribution in [0.1, 0.15) is 23.4 Å². The van der Waals surface area contributed by atoms with E-state index < -0.39 is 35.2 Å². The predicted octanol–water partition coefficient (Wildman–Crippen LogP) is 4.92. The maximum atomic E-state index is 13.0. The van der Waals surface area contributed by atoms with Gasteiger partial charge in [0.1, 0.15) is 11.4 Å². The minimum Gasteiger partial charge on any atom is -0.464 e. The van der Waals surface area contributed by atoms with Gasteiger partial charge in [-0.15, -0.1) is 11.8 Å². The van der Waals surface area contributed by atoms with Gasteiger partial charge in [0, 0.05) is 11.4 Å². The number of hydrogen-bond donors (Lipinski definition) is 1. The third-order valence-electron chi connectivity index (χ3n) is 4.32. The van der Waals surface area contributed by atoms with Gasteiger partial charge in [-0.1, -0.05) is 36.4 Å². The Balaban J connectivity index is 1.87. The van der Waals surface area contributed by atoms with E-state index in [9.17, 15) is 22.8 Å². The average molecular weight is 424 g/mol. The molecule has 0 aliphatic carbocycles. The summed E-state index contributed by atoms with van der Waals surface area (Å²) in [4.78, 5) is 26.7. The van der Waals surface area contributed by atoms with Gasteiger partial charge in [0.25, 0.3) is 0 Å². The normalized spacial score (nSPS) is 19.1. The highest BCUT2D eigenvalue weighted by Crippen LogP contribution is 2.42. The second-order valence-electron chi connectivity index (χ2n) is 6.28. The quantitative estimate of drug-likeness (QED) is 0.708. The molecule has 0 aromatic heterocycles. The number of esters is 1. The molecule has 0 spiro atoms. The summed E-state index contributed by atoms with van der Waals surface area (Å²) in [6.07, 6.45) is -4.52. The summed E-state index contributed by atoms with van der Waals surface area (Å²) < 4.78 is 43.9. The van der Waals surface area contributed by atoms with E-state index in [-0.39, 0.29) is 12.3 Å². The van der Waals surface area contributed by atoms with Gasteiger partial charge in [-0.2, -0.15) is 13.2 Å². The van der Waals surface area contributed by atoms with E-state index in [0.717, 1.165) is 17.7 Å². The molecule has 0 bridgehead atoms. The first-order valence-corrected chi connectivity index (χ1v) is 9.96. The molecule has 29 heavy (non-hydrogen) atoms. The van der Waals surface area contributed by atoms with Crippen molar-refractivity contribution in [1.82, 2.24) is 4.90 Å². The first-order valence-electron chi connectivity index (χ1n) is 8.91. The van der Waals surface area contributed by atoms with Crippen LogP contribution < -0.4 is 5.32 Å². The van der Waals surface area contributed by atoms with E-state index in [1.807, 2.05) is 30.3 Å². The maximum absolute atomic E-state index is 13.0. The van der Waals surface area contributed by atoms with Crippen LogP contribution >= 0.6 is 11.8 Å². The van der Waals surface area contributed by atoms with Crippen LogP contribution in [0.3, 0.4) is 0 Å². The summed E-state index contributed by atoms with van der Waals surface area (Å²) in [6, 6.07) is 12.0. The number of ether oxygens (including phenoxy) is 1. The molecule has 2 atom stereocenters. The lowest BCUT2D eigenvalue weighted by atomic mass is 10.1. The van der Waals surface area contributed by atoms with Crippen LogP contribution in [0.5, 0.6) is 0 Å². The number of carbonyl (C=O) groups is 2. The van der Waals surface area contributed by atoms with Crippen molar-refractivity contribution >= 4 is 29.4 Å². The second-order valence-corrected chi connectivity index (χ2v) is 7.39. The van der Waals surface area contributed by atoms with E-state index >= 15 is 0 Å². The summed E-state index contributed by atoms with van der Waals surface area (Å²) in [5.74, 6) is -0.216. The smallest absolute Gasteiger partial charge is 0.416 e. The molecule has 1 saturated heterocycles. The number of halogens is 3. The molecule has 1 heterocycles. The van der Waals surface area contributed by atoms with Crippen molar-refractivity contribution in [1.29, 1.82) is 0 Å². The molecule has 154 valence electrons. The van der Waals surface area contributed by atoms with Gasteiger partial charge in [0.15, 0.2) is 0 Å². The summed E-state index contributed by atoms with van der Waals surface area (Å²) in [6.45, 7) is 1.83. The van der Waals surface area contributed by atoms with Gasteiger partial charge in [-0.3, -0.25) is 4.90 Å². The Morgan fingerprint density at radius 2 is 1.90 bits per heavy atom. The maximum Gasteiger partial charge on any atom is 0.416 e. The Bertz CT molecular complexity index is 877. The number of hydrogen-bond acceptors (Lipinski definition) is 4. The Morgan fingerprint density at radius 3 is 2.55 bits per heavy atom. The number of rotatable bonds is 4. The predicted molar refractivity (Wildman–Crippen MR) is 104 cm³/mol. The summed E-state index contributed by atoms with van der Waals surface area (Å²) >= 11 is 1.40. The van der Waals surface area contributed by atoms with Crippen molar-refractivity contribution in [2.75, 3.05) is 17.7 Å². The van der Waals surface area contributed by atoms with Gasteiger partial charge in [-0.05, 0) is 30.7 Å². The number of thioether (sulfide) groups is 1. The topological polar surface area (TPSA) is 58.6 Å². The number of carbonyl (C=O) groups excluding carboxylic acids is 2. The fourth-order valence-electron chi connectivity index (χ4n) is 3.01. The number of nitrogens with zero attached hydrogens (tertiary/aromatic N) is 1. The van der Waals surface area contributed by atoms with Crippen molar-refractivity contribution in [3.05, 3.63) is 65.7 Å².